The van der Waals surface area contributed by atoms with Crippen LogP contribution in [-0.4, -0.2) is 23.3 Å². The highest BCUT2D eigenvalue weighted by molar-refractivity contribution is 6.23. The summed E-state index contributed by atoms with van der Waals surface area (Å²) >= 11 is 0. The molecule has 19 heavy (non-hydrogen) atoms. The van der Waals surface area contributed by atoms with Gasteiger partial charge in [-0.05, 0) is 29.8 Å². The second-order valence-corrected chi connectivity index (χ2v) is 4.10. The van der Waals surface area contributed by atoms with E-state index in [1.54, 1.807) is 19.1 Å². The van der Waals surface area contributed by atoms with Crippen LogP contribution in [0.4, 0.5) is 0 Å². The first kappa shape index (κ1) is 13.3. The molecule has 1 aliphatic heterocycles. The molecule has 2 aromatic rings. The van der Waals surface area contributed by atoms with Crippen molar-refractivity contribution in [3.63, 3.8) is 0 Å². The largest absolute Gasteiger partial charge is 0.275 e. The lowest BCUT2D eigenvalue weighted by atomic mass is 10.0. The quantitative estimate of drug-likeness (QED) is 0.731. The van der Waals surface area contributed by atoms with Crippen LogP contribution in [0.3, 0.4) is 0 Å². The Balaban J connectivity index is 0.000000637. The molecule has 0 aromatic heterocycles. The number of benzene rings is 2. The number of rotatable bonds is 1. The Morgan fingerprint density at radius 1 is 0.895 bits per heavy atom. The molecule has 0 aliphatic carbocycles. The molecule has 2 amide bonds. The van der Waals surface area contributed by atoms with Crippen LogP contribution < -0.4 is 0 Å². The summed E-state index contributed by atoms with van der Waals surface area (Å²) in [6, 6.07) is 11.4. The number of imide groups is 1. The van der Waals surface area contributed by atoms with Gasteiger partial charge >= 0.3 is 0 Å². The molecule has 3 nitrogen and oxygen atoms in total. The van der Waals surface area contributed by atoms with Gasteiger partial charge in [0.2, 0.25) is 0 Å². The minimum Gasteiger partial charge on any atom is -0.275 e. The zero-order valence-electron chi connectivity index (χ0n) is 11.4. The van der Waals surface area contributed by atoms with Crippen molar-refractivity contribution in [1.29, 1.82) is 0 Å². The molecular formula is C16H17NO2. The number of carbonyl (C=O) groups excluding carboxylic acids is 2. The van der Waals surface area contributed by atoms with E-state index < -0.39 is 0 Å². The molecule has 0 atom stereocenters. The van der Waals surface area contributed by atoms with Crippen molar-refractivity contribution in [2.24, 2.45) is 0 Å². The number of nitrogens with zero attached hydrogens (tertiary/aromatic N) is 1. The standard InChI is InChI=1S/C14H11NO2.C2H6/c1-2-15-13(16)11-7-9-5-3-4-6-10(9)8-12(11)14(15)17;1-2/h3-8H,2H2,1H3;1-2H3. The maximum absolute atomic E-state index is 12.0. The van der Waals surface area contributed by atoms with Gasteiger partial charge in [0.15, 0.2) is 0 Å². The molecule has 0 unspecified atom stereocenters. The first-order valence-corrected chi connectivity index (χ1v) is 6.61. The highest BCUT2D eigenvalue weighted by Gasteiger charge is 2.34. The Hall–Kier alpha value is -2.16. The van der Waals surface area contributed by atoms with E-state index in [1.165, 1.54) is 4.90 Å². The van der Waals surface area contributed by atoms with Gasteiger partial charge in [0, 0.05) is 6.54 Å². The normalized spacial score (nSPS) is 13.3. The Morgan fingerprint density at radius 2 is 1.32 bits per heavy atom. The molecule has 1 heterocycles. The van der Waals surface area contributed by atoms with Crippen molar-refractivity contribution in [1.82, 2.24) is 4.90 Å². The number of fused-ring (bicyclic) bond motifs is 2. The van der Waals surface area contributed by atoms with Crippen LogP contribution in [-0.2, 0) is 0 Å². The molecule has 0 saturated carbocycles. The lowest BCUT2D eigenvalue weighted by molar-refractivity contribution is 0.0663. The number of hydrogen-bond donors (Lipinski definition) is 0. The Kier molecular flexibility index (Phi) is 3.65. The Morgan fingerprint density at radius 3 is 1.68 bits per heavy atom. The highest BCUT2D eigenvalue weighted by atomic mass is 16.2. The van der Waals surface area contributed by atoms with Gasteiger partial charge in [0.1, 0.15) is 0 Å². The van der Waals surface area contributed by atoms with Crippen molar-refractivity contribution in [3.05, 3.63) is 47.5 Å². The maximum Gasteiger partial charge on any atom is 0.261 e. The minimum atomic E-state index is -0.182. The molecule has 1 aliphatic rings. The van der Waals surface area contributed by atoms with Crippen LogP contribution in [0.5, 0.6) is 0 Å². The van der Waals surface area contributed by atoms with E-state index >= 15 is 0 Å². The second-order valence-electron chi connectivity index (χ2n) is 4.10. The third-order valence-electron chi connectivity index (χ3n) is 3.15. The molecule has 2 aromatic carbocycles. The molecule has 0 saturated heterocycles. The van der Waals surface area contributed by atoms with Crippen molar-refractivity contribution >= 4 is 22.6 Å². The Bertz CT molecular complexity index is 592. The van der Waals surface area contributed by atoms with Gasteiger partial charge in [-0.2, -0.15) is 0 Å². The summed E-state index contributed by atoms with van der Waals surface area (Å²) < 4.78 is 0. The van der Waals surface area contributed by atoms with E-state index in [0.29, 0.717) is 17.7 Å². The van der Waals surface area contributed by atoms with Crippen LogP contribution in [0.15, 0.2) is 36.4 Å². The SMILES string of the molecule is CC.CCN1C(=O)c2cc3ccccc3cc2C1=O. The fourth-order valence-electron chi connectivity index (χ4n) is 2.26. The van der Waals surface area contributed by atoms with Crippen LogP contribution >= 0.6 is 0 Å². The highest BCUT2D eigenvalue weighted by Crippen LogP contribution is 2.27. The molecular weight excluding hydrogens is 238 g/mol. The smallest absolute Gasteiger partial charge is 0.261 e. The van der Waals surface area contributed by atoms with E-state index in [1.807, 2.05) is 38.1 Å². The summed E-state index contributed by atoms with van der Waals surface area (Å²) in [6.45, 7) is 6.23. The van der Waals surface area contributed by atoms with E-state index in [4.69, 9.17) is 0 Å². The third kappa shape index (κ3) is 2.01. The fraction of sp³-hybridized carbons (Fsp3) is 0.250. The van der Waals surface area contributed by atoms with Crippen molar-refractivity contribution in [2.75, 3.05) is 6.54 Å². The average Bonchev–Trinajstić information content (AvgIpc) is 2.70. The molecule has 0 fully saturated rings. The van der Waals surface area contributed by atoms with E-state index in [-0.39, 0.29) is 11.8 Å². The summed E-state index contributed by atoms with van der Waals surface area (Å²) in [4.78, 5) is 25.3. The van der Waals surface area contributed by atoms with Crippen LogP contribution in [0.1, 0.15) is 41.5 Å². The summed E-state index contributed by atoms with van der Waals surface area (Å²) in [5.41, 5.74) is 1.05. The van der Waals surface area contributed by atoms with Crippen molar-refractivity contribution in [3.8, 4) is 0 Å². The third-order valence-corrected chi connectivity index (χ3v) is 3.15. The molecule has 0 radical (unpaired) electrons. The molecule has 3 rings (SSSR count). The van der Waals surface area contributed by atoms with Gasteiger partial charge < -0.3 is 0 Å². The first-order valence-electron chi connectivity index (χ1n) is 6.61. The number of hydrogen-bond acceptors (Lipinski definition) is 2. The monoisotopic (exact) mass is 255 g/mol. The van der Waals surface area contributed by atoms with E-state index in [0.717, 1.165) is 10.8 Å². The molecule has 0 bridgehead atoms. The molecule has 0 N–H and O–H groups in total. The predicted molar refractivity (Wildman–Crippen MR) is 76.3 cm³/mol. The summed E-state index contributed by atoms with van der Waals surface area (Å²) in [7, 11) is 0. The lowest BCUT2D eigenvalue weighted by Gasteiger charge is -2.08. The fourth-order valence-corrected chi connectivity index (χ4v) is 2.26. The van der Waals surface area contributed by atoms with E-state index in [2.05, 4.69) is 0 Å². The molecule has 0 spiro atoms. The van der Waals surface area contributed by atoms with E-state index in [9.17, 15) is 9.59 Å². The van der Waals surface area contributed by atoms with Crippen molar-refractivity contribution < 1.29 is 9.59 Å². The zero-order chi connectivity index (χ0) is 14.0. The van der Waals surface area contributed by atoms with Gasteiger partial charge in [-0.15, -0.1) is 0 Å². The van der Waals surface area contributed by atoms with Gasteiger partial charge in [-0.25, -0.2) is 0 Å². The Labute approximate surface area is 112 Å². The second kappa shape index (κ2) is 5.22. The van der Waals surface area contributed by atoms with Crippen molar-refractivity contribution in [2.45, 2.75) is 20.8 Å². The number of amides is 2. The van der Waals surface area contributed by atoms with Crippen LogP contribution in [0.25, 0.3) is 10.8 Å². The minimum absolute atomic E-state index is 0.182. The molecule has 3 heteroatoms. The first-order chi connectivity index (χ1) is 9.22. The summed E-state index contributed by atoms with van der Waals surface area (Å²) in [5.74, 6) is -0.364. The van der Waals surface area contributed by atoms with Gasteiger partial charge in [0.25, 0.3) is 11.8 Å². The van der Waals surface area contributed by atoms with Crippen LogP contribution in [0.2, 0.25) is 0 Å². The molecule has 98 valence electrons. The predicted octanol–water partition coefficient (Wildman–Crippen LogP) is 3.48. The van der Waals surface area contributed by atoms with Gasteiger partial charge in [0.05, 0.1) is 11.1 Å². The van der Waals surface area contributed by atoms with Gasteiger partial charge in [-0.1, -0.05) is 38.1 Å². The maximum atomic E-state index is 12.0. The lowest BCUT2D eigenvalue weighted by Crippen LogP contribution is -2.29. The summed E-state index contributed by atoms with van der Waals surface area (Å²) in [5, 5.41) is 1.98. The van der Waals surface area contributed by atoms with Gasteiger partial charge in [-0.3, -0.25) is 14.5 Å². The summed E-state index contributed by atoms with van der Waals surface area (Å²) in [6.07, 6.45) is 0. The number of carbonyl (C=O) groups is 2. The average molecular weight is 255 g/mol. The topological polar surface area (TPSA) is 37.4 Å². The zero-order valence-corrected chi connectivity index (χ0v) is 11.4. The van der Waals surface area contributed by atoms with Crippen LogP contribution in [0, 0.1) is 0 Å².